The first-order chi connectivity index (χ1) is 12.8. The van der Waals surface area contributed by atoms with E-state index in [2.05, 4.69) is 29.4 Å². The molecule has 144 valence electrons. The third kappa shape index (κ3) is 5.27. The third-order valence-corrected chi connectivity index (χ3v) is 4.06. The maximum absolute atomic E-state index is 12.0. The molecule has 27 heavy (non-hydrogen) atoms. The van der Waals surface area contributed by atoms with Gasteiger partial charge in [0.05, 0.1) is 18.5 Å². The third-order valence-electron chi connectivity index (χ3n) is 4.06. The number of nitrogens with zero attached hydrogens (tertiary/aromatic N) is 2. The van der Waals surface area contributed by atoms with Crippen LogP contribution in [0, 0.1) is 13.8 Å². The van der Waals surface area contributed by atoms with Crippen LogP contribution in [0.15, 0.2) is 29.5 Å². The molecule has 1 heterocycles. The molecule has 0 radical (unpaired) electrons. The Bertz CT molecular complexity index is 847. The highest BCUT2D eigenvalue weighted by Gasteiger charge is 2.11. The first kappa shape index (κ1) is 20.4. The Hall–Kier alpha value is -2.93. The number of pyridine rings is 1. The minimum Gasteiger partial charge on any atom is -0.505 e. The van der Waals surface area contributed by atoms with Crippen LogP contribution in [-0.2, 0) is 11.4 Å². The van der Waals surface area contributed by atoms with E-state index in [-0.39, 0.29) is 24.9 Å². The van der Waals surface area contributed by atoms with Gasteiger partial charge in [0.25, 0.3) is 5.91 Å². The van der Waals surface area contributed by atoms with E-state index in [4.69, 9.17) is 4.74 Å². The number of rotatable bonds is 7. The number of carbonyl (C=O) groups excluding carboxylic acids is 1. The number of aryl methyl sites for hydroxylation is 2. The van der Waals surface area contributed by atoms with Crippen molar-refractivity contribution in [3.8, 4) is 11.5 Å². The lowest BCUT2D eigenvalue weighted by Crippen LogP contribution is -2.25. The molecule has 2 aromatic rings. The zero-order valence-electron chi connectivity index (χ0n) is 16.0. The number of hydrazone groups is 1. The molecule has 1 amide bonds. The van der Waals surface area contributed by atoms with Crippen LogP contribution in [0.25, 0.3) is 0 Å². The van der Waals surface area contributed by atoms with Gasteiger partial charge in [-0.05, 0) is 37.0 Å². The molecule has 7 heteroatoms. The maximum Gasteiger partial charge on any atom is 0.277 e. The van der Waals surface area contributed by atoms with Crippen molar-refractivity contribution in [3.05, 3.63) is 52.3 Å². The number of aliphatic hydroxyl groups is 1. The molecular formula is C20H25N3O4. The van der Waals surface area contributed by atoms with Crippen molar-refractivity contribution in [1.29, 1.82) is 0 Å². The van der Waals surface area contributed by atoms with E-state index in [1.54, 1.807) is 6.92 Å². The topological polar surface area (TPSA) is 104 Å². The van der Waals surface area contributed by atoms with Crippen molar-refractivity contribution in [3.63, 3.8) is 0 Å². The normalized spacial score (nSPS) is 11.2. The largest absolute Gasteiger partial charge is 0.505 e. The van der Waals surface area contributed by atoms with E-state index in [1.807, 2.05) is 25.1 Å². The van der Waals surface area contributed by atoms with Gasteiger partial charge in [0, 0.05) is 17.3 Å². The summed E-state index contributed by atoms with van der Waals surface area (Å²) in [5.41, 5.74) is 5.56. The van der Waals surface area contributed by atoms with Crippen LogP contribution in [-0.4, -0.2) is 33.9 Å². The van der Waals surface area contributed by atoms with Gasteiger partial charge in [-0.15, -0.1) is 0 Å². The monoisotopic (exact) mass is 371 g/mol. The van der Waals surface area contributed by atoms with Gasteiger partial charge in [0.1, 0.15) is 11.5 Å². The summed E-state index contributed by atoms with van der Waals surface area (Å²) in [6.45, 7) is 7.23. The van der Waals surface area contributed by atoms with Gasteiger partial charge in [-0.2, -0.15) is 5.10 Å². The Morgan fingerprint density at radius 3 is 2.78 bits per heavy atom. The molecule has 0 aliphatic rings. The average Bonchev–Trinajstić information content (AvgIpc) is 2.63. The summed E-state index contributed by atoms with van der Waals surface area (Å²) in [5, 5.41) is 23.2. The molecule has 7 nitrogen and oxygen atoms in total. The van der Waals surface area contributed by atoms with Gasteiger partial charge in [-0.25, -0.2) is 5.43 Å². The summed E-state index contributed by atoms with van der Waals surface area (Å²) >= 11 is 0. The minimum atomic E-state index is -0.432. The predicted octanol–water partition coefficient (Wildman–Crippen LogP) is 2.55. The van der Waals surface area contributed by atoms with E-state index in [0.29, 0.717) is 22.6 Å². The van der Waals surface area contributed by atoms with Gasteiger partial charge in [0.15, 0.2) is 6.61 Å². The molecule has 3 N–H and O–H groups in total. The van der Waals surface area contributed by atoms with Crippen molar-refractivity contribution in [2.75, 3.05) is 6.61 Å². The molecule has 0 atom stereocenters. The van der Waals surface area contributed by atoms with Crippen LogP contribution in [0.2, 0.25) is 0 Å². The number of aromatic hydroxyl groups is 1. The number of ether oxygens (including phenoxy) is 1. The molecular weight excluding hydrogens is 346 g/mol. The zero-order chi connectivity index (χ0) is 20.0. The van der Waals surface area contributed by atoms with E-state index < -0.39 is 5.91 Å². The maximum atomic E-state index is 12.0. The van der Waals surface area contributed by atoms with E-state index in [1.165, 1.54) is 12.4 Å². The lowest BCUT2D eigenvalue weighted by Gasteiger charge is -2.14. The van der Waals surface area contributed by atoms with Gasteiger partial charge < -0.3 is 14.9 Å². The standard InChI is InChI=1S/C20H25N3O4/c1-12(2)16-6-5-13(3)7-18(16)27-11-19(25)23-22-9-17-15(10-24)8-21-14(4)20(17)26/h5-9,12,24,26H,10-11H2,1-4H3,(H,23,25). The van der Waals surface area contributed by atoms with Crippen molar-refractivity contribution in [1.82, 2.24) is 10.4 Å². The number of aromatic nitrogens is 1. The van der Waals surface area contributed by atoms with Crippen LogP contribution in [0.1, 0.15) is 47.7 Å². The van der Waals surface area contributed by atoms with Crippen molar-refractivity contribution in [2.45, 2.75) is 40.2 Å². The minimum absolute atomic E-state index is 0.0860. The van der Waals surface area contributed by atoms with Gasteiger partial charge in [0.2, 0.25) is 0 Å². The number of hydrogen-bond acceptors (Lipinski definition) is 6. The molecule has 0 saturated heterocycles. The molecule has 0 saturated carbocycles. The Morgan fingerprint density at radius 1 is 1.37 bits per heavy atom. The predicted molar refractivity (Wildman–Crippen MR) is 103 cm³/mol. The summed E-state index contributed by atoms with van der Waals surface area (Å²) in [5.74, 6) is 0.431. The Kier molecular flexibility index (Phi) is 6.90. The van der Waals surface area contributed by atoms with Gasteiger partial charge in [-0.3, -0.25) is 9.78 Å². The highest BCUT2D eigenvalue weighted by Crippen LogP contribution is 2.27. The first-order valence-electron chi connectivity index (χ1n) is 8.67. The molecule has 0 aliphatic carbocycles. The second kappa shape index (κ2) is 9.14. The lowest BCUT2D eigenvalue weighted by molar-refractivity contribution is -0.123. The molecule has 0 unspecified atom stereocenters. The summed E-state index contributed by atoms with van der Waals surface area (Å²) in [6.07, 6.45) is 2.73. The number of hydrogen-bond donors (Lipinski definition) is 3. The van der Waals surface area contributed by atoms with Gasteiger partial charge in [-0.1, -0.05) is 26.0 Å². The van der Waals surface area contributed by atoms with E-state index in [0.717, 1.165) is 11.1 Å². The fraction of sp³-hybridized carbons (Fsp3) is 0.350. The molecule has 0 fully saturated rings. The second-order valence-electron chi connectivity index (χ2n) is 6.57. The molecule has 0 bridgehead atoms. The van der Waals surface area contributed by atoms with Crippen molar-refractivity contribution in [2.24, 2.45) is 5.10 Å². The van der Waals surface area contributed by atoms with Crippen LogP contribution in [0.5, 0.6) is 11.5 Å². The Balaban J connectivity index is 2.01. The number of benzene rings is 1. The van der Waals surface area contributed by atoms with Crippen LogP contribution >= 0.6 is 0 Å². The van der Waals surface area contributed by atoms with Crippen molar-refractivity contribution >= 4 is 12.1 Å². The van der Waals surface area contributed by atoms with Gasteiger partial charge >= 0.3 is 0 Å². The molecule has 1 aromatic heterocycles. The van der Waals surface area contributed by atoms with E-state index >= 15 is 0 Å². The summed E-state index contributed by atoms with van der Waals surface area (Å²) in [7, 11) is 0. The zero-order valence-corrected chi connectivity index (χ0v) is 16.0. The van der Waals surface area contributed by atoms with E-state index in [9.17, 15) is 15.0 Å². The highest BCUT2D eigenvalue weighted by molar-refractivity contribution is 5.87. The lowest BCUT2D eigenvalue weighted by atomic mass is 10.0. The smallest absolute Gasteiger partial charge is 0.277 e. The number of aliphatic hydroxyl groups excluding tert-OH is 1. The van der Waals surface area contributed by atoms with Crippen molar-refractivity contribution < 1.29 is 19.7 Å². The fourth-order valence-corrected chi connectivity index (χ4v) is 2.51. The second-order valence-corrected chi connectivity index (χ2v) is 6.57. The summed E-state index contributed by atoms with van der Waals surface area (Å²) < 4.78 is 5.65. The van der Waals surface area contributed by atoms with Crippen LogP contribution in [0.4, 0.5) is 0 Å². The Morgan fingerprint density at radius 2 is 2.11 bits per heavy atom. The molecule has 1 aromatic carbocycles. The highest BCUT2D eigenvalue weighted by atomic mass is 16.5. The number of nitrogens with one attached hydrogen (secondary N) is 1. The SMILES string of the molecule is Cc1ccc(C(C)C)c(OCC(=O)NN=Cc2c(CO)cnc(C)c2O)c1. The molecule has 2 rings (SSSR count). The summed E-state index contributed by atoms with van der Waals surface area (Å²) in [4.78, 5) is 16.0. The molecule has 0 spiro atoms. The average molecular weight is 371 g/mol. The summed E-state index contributed by atoms with van der Waals surface area (Å²) in [6, 6.07) is 5.90. The number of amides is 1. The fourth-order valence-electron chi connectivity index (χ4n) is 2.51. The Labute approximate surface area is 158 Å². The van der Waals surface area contributed by atoms with Crippen LogP contribution in [0.3, 0.4) is 0 Å². The molecule has 0 aliphatic heterocycles. The quantitative estimate of drug-likeness (QED) is 0.512. The van der Waals surface area contributed by atoms with Crippen LogP contribution < -0.4 is 10.2 Å². The first-order valence-corrected chi connectivity index (χ1v) is 8.67. The number of carbonyl (C=O) groups is 1.